The van der Waals surface area contributed by atoms with Gasteiger partial charge in [0.2, 0.25) is 0 Å². The summed E-state index contributed by atoms with van der Waals surface area (Å²) in [6.45, 7) is 9.92. The molecular formula is C21H33N3O3. The first kappa shape index (κ1) is 21.2. The van der Waals surface area contributed by atoms with E-state index in [2.05, 4.69) is 17.2 Å². The quantitative estimate of drug-likeness (QED) is 0.794. The highest BCUT2D eigenvalue weighted by Gasteiger charge is 2.32. The summed E-state index contributed by atoms with van der Waals surface area (Å²) in [5.41, 5.74) is 0.396. The molecule has 6 heteroatoms. The molecule has 0 spiro atoms. The van der Waals surface area contributed by atoms with Gasteiger partial charge in [0.05, 0.1) is 0 Å². The lowest BCUT2D eigenvalue weighted by molar-refractivity contribution is -0.149. The first-order valence-electron chi connectivity index (χ1n) is 9.90. The van der Waals surface area contributed by atoms with Gasteiger partial charge in [-0.15, -0.1) is 0 Å². The van der Waals surface area contributed by atoms with E-state index in [1.165, 1.54) is 0 Å². The first-order valence-corrected chi connectivity index (χ1v) is 9.90. The molecule has 0 bridgehead atoms. The summed E-state index contributed by atoms with van der Waals surface area (Å²) in [6.07, 6.45) is 2.93. The van der Waals surface area contributed by atoms with Gasteiger partial charge < -0.3 is 10.1 Å². The summed E-state index contributed by atoms with van der Waals surface area (Å²) >= 11 is 0. The molecule has 150 valence electrons. The van der Waals surface area contributed by atoms with Crippen molar-refractivity contribution in [2.45, 2.75) is 65.0 Å². The van der Waals surface area contributed by atoms with Gasteiger partial charge in [0.25, 0.3) is 5.91 Å². The third-order valence-corrected chi connectivity index (χ3v) is 4.39. The molecule has 1 atom stereocenters. The molecule has 1 aromatic carbocycles. The maximum atomic E-state index is 13.3. The van der Waals surface area contributed by atoms with Crippen molar-refractivity contribution in [3.8, 4) is 0 Å². The Hall–Kier alpha value is -2.08. The van der Waals surface area contributed by atoms with Crippen molar-refractivity contribution in [1.29, 1.82) is 0 Å². The molecule has 1 fully saturated rings. The molecule has 1 N–H and O–H groups in total. The fourth-order valence-electron chi connectivity index (χ4n) is 3.22. The predicted molar refractivity (Wildman–Crippen MR) is 106 cm³/mol. The Kier molecular flexibility index (Phi) is 7.66. The van der Waals surface area contributed by atoms with E-state index in [9.17, 15) is 9.59 Å². The molecule has 0 aliphatic carbocycles. The molecule has 1 unspecified atom stereocenters. The van der Waals surface area contributed by atoms with Crippen molar-refractivity contribution < 1.29 is 14.3 Å². The minimum atomic E-state index is -0.658. The second-order valence-corrected chi connectivity index (χ2v) is 8.01. The molecule has 1 aromatic rings. The van der Waals surface area contributed by atoms with Crippen molar-refractivity contribution in [1.82, 2.24) is 15.3 Å². The van der Waals surface area contributed by atoms with Crippen LogP contribution < -0.4 is 5.32 Å². The van der Waals surface area contributed by atoms with Crippen molar-refractivity contribution in [2.24, 2.45) is 0 Å². The number of rotatable bonds is 7. The molecule has 0 radical (unpaired) electrons. The summed E-state index contributed by atoms with van der Waals surface area (Å²) in [5, 5.41) is 6.73. The first-order chi connectivity index (χ1) is 12.8. The van der Waals surface area contributed by atoms with E-state index in [1.807, 2.05) is 56.1 Å². The monoisotopic (exact) mass is 375 g/mol. The third-order valence-electron chi connectivity index (χ3n) is 4.39. The Morgan fingerprint density at radius 1 is 1.19 bits per heavy atom. The lowest BCUT2D eigenvalue weighted by Gasteiger charge is -2.34. The molecule has 0 aromatic heterocycles. The van der Waals surface area contributed by atoms with Crippen LogP contribution in [0.1, 0.15) is 52.5 Å². The van der Waals surface area contributed by atoms with Gasteiger partial charge in [-0.1, -0.05) is 37.3 Å². The van der Waals surface area contributed by atoms with E-state index < -0.39 is 17.7 Å². The molecule has 1 aliphatic rings. The zero-order chi connectivity index (χ0) is 19.9. The van der Waals surface area contributed by atoms with Crippen molar-refractivity contribution in [2.75, 3.05) is 19.6 Å². The van der Waals surface area contributed by atoms with Crippen LogP contribution in [0.4, 0.5) is 4.79 Å². The fraction of sp³-hybridized carbons (Fsp3) is 0.619. The molecule has 0 saturated carbocycles. The second kappa shape index (κ2) is 9.74. The van der Waals surface area contributed by atoms with Crippen LogP contribution in [0.25, 0.3) is 0 Å². The Bertz CT molecular complexity index is 607. The Labute approximate surface area is 162 Å². The summed E-state index contributed by atoms with van der Waals surface area (Å²) in [5.74, 6) is -0.0755. The van der Waals surface area contributed by atoms with E-state index in [4.69, 9.17) is 4.74 Å². The van der Waals surface area contributed by atoms with Crippen LogP contribution in [0.15, 0.2) is 30.3 Å². The predicted octanol–water partition coefficient (Wildman–Crippen LogP) is 3.37. The van der Waals surface area contributed by atoms with E-state index >= 15 is 0 Å². The highest BCUT2D eigenvalue weighted by molar-refractivity contribution is 5.85. The summed E-state index contributed by atoms with van der Waals surface area (Å²) in [4.78, 5) is 25.7. The molecule has 1 heterocycles. The number of hydrazine groups is 1. The van der Waals surface area contributed by atoms with Crippen LogP contribution >= 0.6 is 0 Å². The van der Waals surface area contributed by atoms with E-state index in [0.29, 0.717) is 13.0 Å². The number of alkyl carbamates (subject to hydrolysis) is 1. The normalized spacial score (nSPS) is 16.0. The number of hydrogen-bond donors (Lipinski definition) is 1. The van der Waals surface area contributed by atoms with Gasteiger partial charge >= 0.3 is 6.09 Å². The van der Waals surface area contributed by atoms with Gasteiger partial charge in [0.1, 0.15) is 11.6 Å². The molecule has 1 aliphatic heterocycles. The SMILES string of the molecule is CCCN(C(=O)C(Cc1ccccc1)NC(=O)OC(C)(C)C)N1CCCC1. The fourth-order valence-corrected chi connectivity index (χ4v) is 3.22. The summed E-state index contributed by atoms with van der Waals surface area (Å²) in [7, 11) is 0. The van der Waals surface area contributed by atoms with Gasteiger partial charge in [0.15, 0.2) is 0 Å². The maximum absolute atomic E-state index is 13.3. The van der Waals surface area contributed by atoms with E-state index in [-0.39, 0.29) is 5.91 Å². The van der Waals surface area contributed by atoms with Crippen molar-refractivity contribution in [3.63, 3.8) is 0 Å². The highest BCUT2D eigenvalue weighted by Crippen LogP contribution is 2.15. The minimum absolute atomic E-state index is 0.0755. The summed E-state index contributed by atoms with van der Waals surface area (Å²) < 4.78 is 5.39. The number of carbonyl (C=O) groups excluding carboxylic acids is 2. The zero-order valence-corrected chi connectivity index (χ0v) is 17.0. The van der Waals surface area contributed by atoms with Gasteiger partial charge in [-0.05, 0) is 45.6 Å². The number of nitrogens with one attached hydrogen (secondary N) is 1. The Morgan fingerprint density at radius 2 is 1.81 bits per heavy atom. The van der Waals surface area contributed by atoms with Crippen molar-refractivity contribution >= 4 is 12.0 Å². The van der Waals surface area contributed by atoms with Gasteiger partial charge in [-0.25, -0.2) is 9.80 Å². The van der Waals surface area contributed by atoms with Gasteiger partial charge in [-0.3, -0.25) is 9.80 Å². The Balaban J connectivity index is 2.17. The van der Waals surface area contributed by atoms with Crippen LogP contribution in [0, 0.1) is 0 Å². The lowest BCUT2D eigenvalue weighted by atomic mass is 10.1. The number of carbonyl (C=O) groups is 2. The molecule has 2 amide bonds. The second-order valence-electron chi connectivity index (χ2n) is 8.01. The van der Waals surface area contributed by atoms with Crippen LogP contribution in [0.5, 0.6) is 0 Å². The molecular weight excluding hydrogens is 342 g/mol. The van der Waals surface area contributed by atoms with Crippen LogP contribution in [-0.2, 0) is 16.0 Å². The minimum Gasteiger partial charge on any atom is -0.444 e. The number of benzene rings is 1. The molecule has 27 heavy (non-hydrogen) atoms. The van der Waals surface area contributed by atoms with Gasteiger partial charge in [0, 0.05) is 26.1 Å². The number of amides is 2. The van der Waals surface area contributed by atoms with E-state index in [1.54, 1.807) is 0 Å². The van der Waals surface area contributed by atoms with E-state index in [0.717, 1.165) is 37.9 Å². The van der Waals surface area contributed by atoms with Gasteiger partial charge in [-0.2, -0.15) is 0 Å². The number of hydrogen-bond acceptors (Lipinski definition) is 4. The number of ether oxygens (including phenoxy) is 1. The highest BCUT2D eigenvalue weighted by atomic mass is 16.6. The zero-order valence-electron chi connectivity index (χ0n) is 17.0. The average molecular weight is 376 g/mol. The van der Waals surface area contributed by atoms with Crippen LogP contribution in [-0.4, -0.2) is 53.3 Å². The standard InChI is InChI=1S/C21H33N3O3/c1-5-13-24(23-14-9-10-15-23)19(25)18(16-17-11-7-6-8-12-17)22-20(26)27-21(2,3)4/h6-8,11-12,18H,5,9-10,13-16H2,1-4H3,(H,22,26). The lowest BCUT2D eigenvalue weighted by Crippen LogP contribution is -2.55. The third kappa shape index (κ3) is 6.86. The average Bonchev–Trinajstić information content (AvgIpc) is 3.12. The summed E-state index contributed by atoms with van der Waals surface area (Å²) in [6, 6.07) is 9.10. The van der Waals surface area contributed by atoms with Crippen molar-refractivity contribution in [3.05, 3.63) is 35.9 Å². The maximum Gasteiger partial charge on any atom is 0.408 e. The Morgan fingerprint density at radius 3 is 2.37 bits per heavy atom. The largest absolute Gasteiger partial charge is 0.444 e. The molecule has 1 saturated heterocycles. The molecule has 2 rings (SSSR count). The smallest absolute Gasteiger partial charge is 0.408 e. The molecule has 6 nitrogen and oxygen atoms in total. The van der Waals surface area contributed by atoms with Crippen LogP contribution in [0.3, 0.4) is 0 Å². The van der Waals surface area contributed by atoms with Crippen LogP contribution in [0.2, 0.25) is 0 Å². The number of nitrogens with zero attached hydrogens (tertiary/aromatic N) is 2. The topological polar surface area (TPSA) is 61.9 Å².